The Kier molecular flexibility index (Phi) is 5.23. The molecule has 0 unspecified atom stereocenters. The lowest BCUT2D eigenvalue weighted by Crippen LogP contribution is -2.48. The van der Waals surface area contributed by atoms with E-state index in [9.17, 15) is 4.79 Å². The molecule has 1 aliphatic rings. The van der Waals surface area contributed by atoms with Gasteiger partial charge in [-0.25, -0.2) is 9.97 Å². The van der Waals surface area contributed by atoms with Crippen molar-refractivity contribution in [1.82, 2.24) is 14.9 Å². The maximum Gasteiger partial charge on any atom is 0.254 e. The summed E-state index contributed by atoms with van der Waals surface area (Å²) in [5, 5.41) is 1.94. The molecule has 0 saturated carbocycles. The van der Waals surface area contributed by atoms with E-state index in [0.717, 1.165) is 45.9 Å². The van der Waals surface area contributed by atoms with Gasteiger partial charge in [-0.1, -0.05) is 72.0 Å². The molecular weight excluding hydrogens is 440 g/mol. The minimum atomic E-state index is 0.0653. The average molecular weight is 465 g/mol. The molecule has 0 aliphatic carbocycles. The molecule has 1 amide bonds. The monoisotopic (exact) mass is 464 g/mol. The van der Waals surface area contributed by atoms with Crippen molar-refractivity contribution >= 4 is 43.5 Å². The van der Waals surface area contributed by atoms with Crippen LogP contribution in [0, 0.1) is 6.92 Å². The fourth-order valence-corrected chi connectivity index (χ4v) is 5.69. The van der Waals surface area contributed by atoms with E-state index < -0.39 is 0 Å². The molecule has 5 aromatic rings. The zero-order chi connectivity index (χ0) is 23.1. The second-order valence-corrected chi connectivity index (χ2v) is 9.64. The first-order valence-corrected chi connectivity index (χ1v) is 12.3. The number of carbonyl (C=O) groups excluding carboxylic acids is 1. The van der Waals surface area contributed by atoms with E-state index in [2.05, 4.69) is 30.0 Å². The molecule has 0 spiro atoms. The van der Waals surface area contributed by atoms with Crippen molar-refractivity contribution in [3.8, 4) is 11.3 Å². The lowest BCUT2D eigenvalue weighted by atomic mass is 10.0. The molecule has 2 aromatic heterocycles. The van der Waals surface area contributed by atoms with Crippen molar-refractivity contribution in [3.05, 3.63) is 90.0 Å². The summed E-state index contributed by atoms with van der Waals surface area (Å²) in [6.07, 6.45) is 0. The minimum Gasteiger partial charge on any atom is -0.345 e. The highest BCUT2D eigenvalue weighted by molar-refractivity contribution is 7.22. The number of thiazole rings is 1. The van der Waals surface area contributed by atoms with Crippen molar-refractivity contribution < 1.29 is 4.79 Å². The Morgan fingerprint density at radius 3 is 2.41 bits per heavy atom. The van der Waals surface area contributed by atoms with E-state index in [1.54, 1.807) is 11.3 Å². The van der Waals surface area contributed by atoms with Crippen LogP contribution in [0.1, 0.15) is 15.9 Å². The highest BCUT2D eigenvalue weighted by atomic mass is 32.1. The quantitative estimate of drug-likeness (QED) is 0.339. The van der Waals surface area contributed by atoms with Crippen LogP contribution in [-0.4, -0.2) is 47.0 Å². The van der Waals surface area contributed by atoms with Gasteiger partial charge in [0.05, 0.1) is 27.0 Å². The molecular formula is C28H24N4OS. The van der Waals surface area contributed by atoms with Gasteiger partial charge >= 0.3 is 0 Å². The number of benzene rings is 3. The molecule has 34 heavy (non-hydrogen) atoms. The predicted octanol–water partition coefficient (Wildman–Crippen LogP) is 5.78. The first-order chi connectivity index (χ1) is 16.7. The third kappa shape index (κ3) is 3.70. The third-order valence-electron chi connectivity index (χ3n) is 6.46. The summed E-state index contributed by atoms with van der Waals surface area (Å²) in [6, 6.07) is 26.2. The molecule has 168 valence electrons. The van der Waals surface area contributed by atoms with Crippen LogP contribution in [0.2, 0.25) is 0 Å². The summed E-state index contributed by atoms with van der Waals surface area (Å²) in [5.41, 5.74) is 5.68. The summed E-state index contributed by atoms with van der Waals surface area (Å²) in [4.78, 5) is 27.7. The van der Waals surface area contributed by atoms with Crippen molar-refractivity contribution in [2.75, 3.05) is 31.1 Å². The highest BCUT2D eigenvalue weighted by Gasteiger charge is 2.26. The summed E-state index contributed by atoms with van der Waals surface area (Å²) in [6.45, 7) is 5.00. The number of fused-ring (bicyclic) bond motifs is 2. The Balaban J connectivity index is 1.27. The maximum absolute atomic E-state index is 13.7. The number of anilines is 1. The van der Waals surface area contributed by atoms with Crippen LogP contribution in [0.25, 0.3) is 32.4 Å². The number of hydrogen-bond donors (Lipinski definition) is 0. The first-order valence-electron chi connectivity index (χ1n) is 11.5. The van der Waals surface area contributed by atoms with Crippen molar-refractivity contribution in [2.24, 2.45) is 0 Å². The minimum absolute atomic E-state index is 0.0653. The molecule has 0 atom stereocenters. The summed E-state index contributed by atoms with van der Waals surface area (Å²) >= 11 is 1.73. The molecule has 0 radical (unpaired) electrons. The zero-order valence-electron chi connectivity index (χ0n) is 18.9. The number of pyridine rings is 1. The van der Waals surface area contributed by atoms with Crippen LogP contribution in [-0.2, 0) is 0 Å². The van der Waals surface area contributed by atoms with Crippen molar-refractivity contribution in [2.45, 2.75) is 6.92 Å². The number of hydrogen-bond acceptors (Lipinski definition) is 5. The van der Waals surface area contributed by atoms with Gasteiger partial charge in [0.2, 0.25) is 0 Å². The largest absolute Gasteiger partial charge is 0.345 e. The van der Waals surface area contributed by atoms with Crippen molar-refractivity contribution in [1.29, 1.82) is 0 Å². The Morgan fingerprint density at radius 1 is 0.853 bits per heavy atom. The van der Waals surface area contributed by atoms with E-state index in [1.165, 1.54) is 10.3 Å². The zero-order valence-corrected chi connectivity index (χ0v) is 19.8. The van der Waals surface area contributed by atoms with Gasteiger partial charge in [-0.3, -0.25) is 4.79 Å². The van der Waals surface area contributed by atoms with Crippen LogP contribution in [0.15, 0.2) is 78.9 Å². The fraction of sp³-hybridized carbons (Fsp3) is 0.179. The predicted molar refractivity (Wildman–Crippen MR) is 140 cm³/mol. The number of aromatic nitrogens is 2. The van der Waals surface area contributed by atoms with Gasteiger partial charge in [-0.15, -0.1) is 0 Å². The van der Waals surface area contributed by atoms with Gasteiger partial charge in [0.25, 0.3) is 5.91 Å². The van der Waals surface area contributed by atoms with E-state index >= 15 is 0 Å². The lowest BCUT2D eigenvalue weighted by Gasteiger charge is -2.34. The number of carbonyl (C=O) groups is 1. The van der Waals surface area contributed by atoms with E-state index in [-0.39, 0.29) is 5.91 Å². The molecule has 6 heteroatoms. The summed E-state index contributed by atoms with van der Waals surface area (Å²) in [7, 11) is 0. The Bertz CT molecular complexity index is 1500. The molecule has 3 aromatic carbocycles. The van der Waals surface area contributed by atoms with Crippen LogP contribution >= 0.6 is 11.3 Å². The van der Waals surface area contributed by atoms with E-state index in [1.807, 2.05) is 65.6 Å². The van der Waals surface area contributed by atoms with E-state index in [4.69, 9.17) is 9.97 Å². The number of para-hydroxylation sites is 2. The number of aryl methyl sites for hydroxylation is 1. The molecule has 6 rings (SSSR count). The second kappa shape index (κ2) is 8.54. The normalized spacial score (nSPS) is 14.1. The number of amides is 1. The van der Waals surface area contributed by atoms with Gasteiger partial charge in [0.15, 0.2) is 5.13 Å². The molecule has 3 heterocycles. The second-order valence-electron chi connectivity index (χ2n) is 8.64. The van der Waals surface area contributed by atoms with Crippen LogP contribution < -0.4 is 4.90 Å². The van der Waals surface area contributed by atoms with Gasteiger partial charge < -0.3 is 9.80 Å². The summed E-state index contributed by atoms with van der Waals surface area (Å²) < 4.78 is 1.21. The van der Waals surface area contributed by atoms with Gasteiger partial charge in [-0.05, 0) is 30.7 Å². The molecule has 0 N–H and O–H groups in total. The fourth-order valence-electron chi connectivity index (χ4n) is 4.59. The highest BCUT2D eigenvalue weighted by Crippen LogP contribution is 2.31. The van der Waals surface area contributed by atoms with Crippen molar-refractivity contribution in [3.63, 3.8) is 0 Å². The Hall–Kier alpha value is -3.77. The molecule has 1 aliphatic heterocycles. The maximum atomic E-state index is 13.7. The molecule has 1 saturated heterocycles. The molecule has 5 nitrogen and oxygen atoms in total. The SMILES string of the molecule is Cc1cccc2sc(N3CCN(C(=O)c4cc(-c5ccccc5)nc5ccccc45)CC3)nc12. The average Bonchev–Trinajstić information content (AvgIpc) is 3.34. The number of piperazine rings is 1. The van der Waals surface area contributed by atoms with E-state index in [0.29, 0.717) is 18.7 Å². The van der Waals surface area contributed by atoms with Crippen LogP contribution in [0.5, 0.6) is 0 Å². The van der Waals surface area contributed by atoms with Gasteiger partial charge in [0.1, 0.15) is 0 Å². The summed E-state index contributed by atoms with van der Waals surface area (Å²) in [5.74, 6) is 0.0653. The standard InChI is InChI=1S/C28H24N4OS/c1-19-8-7-13-25-26(19)30-28(34-25)32-16-14-31(15-17-32)27(33)22-18-24(20-9-3-2-4-10-20)29-23-12-6-5-11-21(22)23/h2-13,18H,14-17H2,1H3. The van der Waals surface area contributed by atoms with Crippen LogP contribution in [0.4, 0.5) is 5.13 Å². The first kappa shape index (κ1) is 20.8. The number of nitrogens with zero attached hydrogens (tertiary/aromatic N) is 4. The van der Waals surface area contributed by atoms with Gasteiger partial charge in [-0.2, -0.15) is 0 Å². The van der Waals surface area contributed by atoms with Crippen LogP contribution in [0.3, 0.4) is 0 Å². The number of rotatable bonds is 3. The molecule has 1 fully saturated rings. The molecule has 0 bridgehead atoms. The lowest BCUT2D eigenvalue weighted by molar-refractivity contribution is 0.0748. The third-order valence-corrected chi connectivity index (χ3v) is 7.54. The topological polar surface area (TPSA) is 49.3 Å². The van der Waals surface area contributed by atoms with Gasteiger partial charge in [0, 0.05) is 37.1 Å². The Labute approximate surface area is 202 Å². The smallest absolute Gasteiger partial charge is 0.254 e. The Morgan fingerprint density at radius 2 is 1.62 bits per heavy atom.